The zero-order valence-corrected chi connectivity index (χ0v) is 12.3. The molecule has 0 radical (unpaired) electrons. The molecule has 0 spiro atoms. The normalized spacial score (nSPS) is 21.9. The summed E-state index contributed by atoms with van der Waals surface area (Å²) in [7, 11) is 0. The molecule has 1 atom stereocenters. The Kier molecular flexibility index (Phi) is 4.09. The van der Waals surface area contributed by atoms with Gasteiger partial charge < -0.3 is 11.1 Å². The van der Waals surface area contributed by atoms with E-state index in [0.29, 0.717) is 11.6 Å². The number of rotatable bonds is 3. The second-order valence-corrected chi connectivity index (χ2v) is 6.43. The first kappa shape index (κ1) is 14.3. The number of hydrogen-bond acceptors (Lipinski definition) is 2. The Morgan fingerprint density at radius 1 is 1.42 bits per heavy atom. The number of halogens is 1. The Balaban J connectivity index is 2.15. The van der Waals surface area contributed by atoms with Gasteiger partial charge in [0.25, 0.3) is 0 Å². The van der Waals surface area contributed by atoms with Gasteiger partial charge in [-0.2, -0.15) is 0 Å². The lowest BCUT2D eigenvalue weighted by molar-refractivity contribution is 0.217. The molecule has 1 aliphatic rings. The molecule has 1 saturated carbocycles. The molecule has 2 nitrogen and oxygen atoms in total. The zero-order valence-electron chi connectivity index (χ0n) is 11.5. The van der Waals surface area contributed by atoms with Gasteiger partial charge in [-0.15, -0.1) is 0 Å². The molecule has 4 heteroatoms. The fourth-order valence-corrected chi connectivity index (χ4v) is 2.93. The smallest absolute Gasteiger partial charge is 0.135 e. The average Bonchev–Trinajstić information content (AvgIpc) is 2.31. The standard InChI is InChI=1S/C15H21FN2S/c1-15(2)8-4-3-5-13(15)18-10-6-7-11(14(17)19)12(16)9-10/h6-7,9,13,18H,3-5,8H2,1-2H3,(H2,17,19). The summed E-state index contributed by atoms with van der Waals surface area (Å²) in [6.45, 7) is 4.53. The number of anilines is 1. The lowest BCUT2D eigenvalue weighted by Crippen LogP contribution is -2.38. The van der Waals surface area contributed by atoms with Gasteiger partial charge in [0.2, 0.25) is 0 Å². The van der Waals surface area contributed by atoms with Gasteiger partial charge in [0.1, 0.15) is 10.8 Å². The van der Waals surface area contributed by atoms with Crippen molar-refractivity contribution in [3.63, 3.8) is 0 Å². The quantitative estimate of drug-likeness (QED) is 0.826. The highest BCUT2D eigenvalue weighted by Crippen LogP contribution is 2.37. The summed E-state index contributed by atoms with van der Waals surface area (Å²) in [5.41, 5.74) is 6.82. The molecule has 0 heterocycles. The Bertz CT molecular complexity index is 485. The second kappa shape index (κ2) is 5.45. The van der Waals surface area contributed by atoms with Crippen LogP contribution in [0.25, 0.3) is 0 Å². The number of benzene rings is 1. The fraction of sp³-hybridized carbons (Fsp3) is 0.533. The van der Waals surface area contributed by atoms with Crippen molar-refractivity contribution in [3.05, 3.63) is 29.6 Å². The van der Waals surface area contributed by atoms with E-state index in [1.165, 1.54) is 25.3 Å². The highest BCUT2D eigenvalue weighted by atomic mass is 32.1. The lowest BCUT2D eigenvalue weighted by atomic mass is 9.73. The first-order chi connectivity index (χ1) is 8.90. The molecule has 1 aromatic carbocycles. The monoisotopic (exact) mass is 280 g/mol. The first-order valence-electron chi connectivity index (χ1n) is 6.76. The van der Waals surface area contributed by atoms with Crippen molar-refractivity contribution in [1.82, 2.24) is 0 Å². The van der Waals surface area contributed by atoms with Crippen molar-refractivity contribution in [2.75, 3.05) is 5.32 Å². The van der Waals surface area contributed by atoms with Crippen molar-refractivity contribution in [2.45, 2.75) is 45.6 Å². The van der Waals surface area contributed by atoms with E-state index in [-0.39, 0.29) is 16.2 Å². The highest BCUT2D eigenvalue weighted by molar-refractivity contribution is 7.80. The van der Waals surface area contributed by atoms with Crippen LogP contribution in [0.4, 0.5) is 10.1 Å². The molecule has 3 N–H and O–H groups in total. The van der Waals surface area contributed by atoms with Crippen LogP contribution in [0.5, 0.6) is 0 Å². The van der Waals surface area contributed by atoms with Gasteiger partial charge in [0.05, 0.1) is 0 Å². The third-order valence-electron chi connectivity index (χ3n) is 4.08. The Hall–Kier alpha value is -1.16. The summed E-state index contributed by atoms with van der Waals surface area (Å²) in [5.74, 6) is -0.355. The third-order valence-corrected chi connectivity index (χ3v) is 4.30. The summed E-state index contributed by atoms with van der Waals surface area (Å²) in [6.07, 6.45) is 4.85. The van der Waals surface area contributed by atoms with Gasteiger partial charge in [0.15, 0.2) is 0 Å². The Morgan fingerprint density at radius 3 is 2.74 bits per heavy atom. The number of hydrogen-bond donors (Lipinski definition) is 2. The molecule has 1 aromatic rings. The minimum atomic E-state index is -0.355. The Labute approximate surface area is 119 Å². The zero-order chi connectivity index (χ0) is 14.0. The summed E-state index contributed by atoms with van der Waals surface area (Å²) in [6, 6.07) is 5.37. The summed E-state index contributed by atoms with van der Waals surface area (Å²) in [5, 5.41) is 3.45. The maximum atomic E-state index is 13.8. The second-order valence-electron chi connectivity index (χ2n) is 5.99. The van der Waals surface area contributed by atoms with Crippen molar-refractivity contribution in [1.29, 1.82) is 0 Å². The van der Waals surface area contributed by atoms with E-state index in [2.05, 4.69) is 19.2 Å². The summed E-state index contributed by atoms with van der Waals surface area (Å²) in [4.78, 5) is 0.0991. The molecule has 1 aliphatic carbocycles. The topological polar surface area (TPSA) is 38.0 Å². The van der Waals surface area contributed by atoms with Crippen LogP contribution in [0.3, 0.4) is 0 Å². The van der Waals surface area contributed by atoms with E-state index in [4.69, 9.17) is 18.0 Å². The molecule has 1 fully saturated rings. The van der Waals surface area contributed by atoms with Gasteiger partial charge >= 0.3 is 0 Å². The molecule has 0 aromatic heterocycles. The van der Waals surface area contributed by atoms with Crippen LogP contribution in [-0.4, -0.2) is 11.0 Å². The maximum absolute atomic E-state index is 13.8. The fourth-order valence-electron chi connectivity index (χ4n) is 2.77. The van der Waals surface area contributed by atoms with Gasteiger partial charge in [-0.3, -0.25) is 0 Å². The predicted molar refractivity (Wildman–Crippen MR) is 81.9 cm³/mol. The largest absolute Gasteiger partial charge is 0.389 e. The van der Waals surface area contributed by atoms with Crippen molar-refractivity contribution in [3.8, 4) is 0 Å². The van der Waals surface area contributed by atoms with E-state index < -0.39 is 0 Å². The van der Waals surface area contributed by atoms with Crippen molar-refractivity contribution in [2.24, 2.45) is 11.1 Å². The maximum Gasteiger partial charge on any atom is 0.135 e. The minimum absolute atomic E-state index is 0.0991. The molecule has 0 saturated heterocycles. The molecule has 0 aliphatic heterocycles. The predicted octanol–water partition coefficient (Wildman–Crippen LogP) is 3.84. The third kappa shape index (κ3) is 3.24. The van der Waals surface area contributed by atoms with Crippen LogP contribution in [0.1, 0.15) is 45.1 Å². The molecular formula is C15H21FN2S. The SMILES string of the molecule is CC1(C)CCCCC1Nc1ccc(C(N)=S)c(F)c1. The van der Waals surface area contributed by atoms with Gasteiger partial charge in [-0.1, -0.05) is 38.9 Å². The molecule has 1 unspecified atom stereocenters. The lowest BCUT2D eigenvalue weighted by Gasteiger charge is -2.39. The van der Waals surface area contributed by atoms with Crippen LogP contribution >= 0.6 is 12.2 Å². The average molecular weight is 280 g/mol. The van der Waals surface area contributed by atoms with Crippen LogP contribution in [0.2, 0.25) is 0 Å². The number of nitrogens with one attached hydrogen (secondary N) is 1. The Morgan fingerprint density at radius 2 is 2.16 bits per heavy atom. The van der Waals surface area contributed by atoms with Gasteiger partial charge in [0, 0.05) is 17.3 Å². The molecule has 104 valence electrons. The van der Waals surface area contributed by atoms with Crippen LogP contribution in [0, 0.1) is 11.2 Å². The first-order valence-corrected chi connectivity index (χ1v) is 7.17. The van der Waals surface area contributed by atoms with Crippen LogP contribution < -0.4 is 11.1 Å². The molecule has 0 amide bonds. The van der Waals surface area contributed by atoms with Crippen molar-refractivity contribution < 1.29 is 4.39 Å². The number of nitrogens with two attached hydrogens (primary N) is 1. The van der Waals surface area contributed by atoms with E-state index in [9.17, 15) is 4.39 Å². The molecular weight excluding hydrogens is 259 g/mol. The molecule has 19 heavy (non-hydrogen) atoms. The summed E-state index contributed by atoms with van der Waals surface area (Å²) >= 11 is 4.81. The number of thiocarbonyl (C=S) groups is 1. The van der Waals surface area contributed by atoms with Gasteiger partial charge in [-0.05, 0) is 36.5 Å². The van der Waals surface area contributed by atoms with E-state index in [1.807, 2.05) is 6.07 Å². The summed E-state index contributed by atoms with van der Waals surface area (Å²) < 4.78 is 13.8. The molecule has 2 rings (SSSR count). The minimum Gasteiger partial charge on any atom is -0.389 e. The molecule has 0 bridgehead atoms. The van der Waals surface area contributed by atoms with Gasteiger partial charge in [-0.25, -0.2) is 4.39 Å². The van der Waals surface area contributed by atoms with E-state index >= 15 is 0 Å². The highest BCUT2D eigenvalue weighted by Gasteiger charge is 2.32. The van der Waals surface area contributed by atoms with Crippen molar-refractivity contribution >= 4 is 22.9 Å². The van der Waals surface area contributed by atoms with E-state index in [0.717, 1.165) is 12.1 Å². The van der Waals surface area contributed by atoms with E-state index in [1.54, 1.807) is 6.07 Å². The van der Waals surface area contributed by atoms with Crippen LogP contribution in [0.15, 0.2) is 18.2 Å². The van der Waals surface area contributed by atoms with Crippen LogP contribution in [-0.2, 0) is 0 Å².